The highest BCUT2D eigenvalue weighted by atomic mass is 79.9. The summed E-state index contributed by atoms with van der Waals surface area (Å²) in [5.74, 6) is 0. The monoisotopic (exact) mass is 252 g/mol. The minimum absolute atomic E-state index is 0.281. The molecule has 0 aromatic heterocycles. The van der Waals surface area contributed by atoms with E-state index in [1.807, 2.05) is 0 Å². The number of rotatable bonds is 4. The molecule has 0 saturated carbocycles. The Morgan fingerprint density at radius 1 is 1.33 bits per heavy atom. The van der Waals surface area contributed by atoms with Gasteiger partial charge in [0.1, 0.15) is 5.01 Å². The maximum atomic E-state index is 5.70. The lowest BCUT2D eigenvalue weighted by Crippen LogP contribution is -2.17. The van der Waals surface area contributed by atoms with Gasteiger partial charge in [-0.3, -0.25) is 0 Å². The van der Waals surface area contributed by atoms with Gasteiger partial charge in [-0.05, 0) is 31.4 Å². The third kappa shape index (κ3) is 8.75. The standard InChI is InChI=1S/C9H21BrOSi/c1-9(2,3)7-6-8(10)11-12(4)5/h8,12H,6-7H2,1-5H3. The summed E-state index contributed by atoms with van der Waals surface area (Å²) in [6.07, 6.45) is 2.33. The van der Waals surface area contributed by atoms with E-state index < -0.39 is 9.04 Å². The highest BCUT2D eigenvalue weighted by molar-refractivity contribution is 9.09. The van der Waals surface area contributed by atoms with E-state index in [2.05, 4.69) is 49.8 Å². The van der Waals surface area contributed by atoms with Crippen LogP contribution in [-0.4, -0.2) is 14.1 Å². The highest BCUT2D eigenvalue weighted by Crippen LogP contribution is 2.24. The van der Waals surface area contributed by atoms with Crippen LogP contribution in [-0.2, 0) is 4.43 Å². The second-order valence-electron chi connectivity index (χ2n) is 4.69. The van der Waals surface area contributed by atoms with Crippen molar-refractivity contribution in [3.05, 3.63) is 0 Å². The first-order chi connectivity index (χ1) is 5.31. The molecule has 3 heteroatoms. The molecule has 0 aliphatic rings. The van der Waals surface area contributed by atoms with Crippen molar-refractivity contribution in [2.24, 2.45) is 5.41 Å². The largest absolute Gasteiger partial charge is 0.408 e. The molecule has 12 heavy (non-hydrogen) atoms. The van der Waals surface area contributed by atoms with Crippen molar-refractivity contribution < 1.29 is 4.43 Å². The van der Waals surface area contributed by atoms with Gasteiger partial charge in [-0.15, -0.1) is 0 Å². The Morgan fingerprint density at radius 2 is 1.83 bits per heavy atom. The van der Waals surface area contributed by atoms with Crippen molar-refractivity contribution in [1.82, 2.24) is 0 Å². The molecule has 0 spiro atoms. The fraction of sp³-hybridized carbons (Fsp3) is 1.00. The SMILES string of the molecule is C[SiH](C)OC(Br)CCC(C)(C)C. The summed E-state index contributed by atoms with van der Waals surface area (Å²) in [5, 5.41) is 0.281. The van der Waals surface area contributed by atoms with Gasteiger partial charge in [-0.25, -0.2) is 0 Å². The first kappa shape index (κ1) is 12.7. The Morgan fingerprint density at radius 3 is 2.17 bits per heavy atom. The van der Waals surface area contributed by atoms with E-state index in [0.717, 1.165) is 6.42 Å². The molecule has 0 radical (unpaired) electrons. The molecule has 1 nitrogen and oxygen atoms in total. The molecule has 0 aromatic rings. The molecular weight excluding hydrogens is 232 g/mol. The Hall–Kier alpha value is 0.657. The summed E-state index contributed by atoms with van der Waals surface area (Å²) in [7, 11) is -0.861. The third-order valence-corrected chi connectivity index (χ3v) is 3.49. The maximum Gasteiger partial charge on any atom is 0.172 e. The first-order valence-electron chi connectivity index (χ1n) is 4.61. The number of halogens is 1. The Balaban J connectivity index is 3.51. The summed E-state index contributed by atoms with van der Waals surface area (Å²) >= 11 is 3.54. The lowest BCUT2D eigenvalue weighted by Gasteiger charge is -2.21. The van der Waals surface area contributed by atoms with Crippen LogP contribution in [0.1, 0.15) is 33.6 Å². The van der Waals surface area contributed by atoms with Crippen molar-refractivity contribution in [3.63, 3.8) is 0 Å². The van der Waals surface area contributed by atoms with E-state index in [1.165, 1.54) is 6.42 Å². The molecule has 0 rings (SSSR count). The van der Waals surface area contributed by atoms with Crippen LogP contribution in [0.5, 0.6) is 0 Å². The maximum absolute atomic E-state index is 5.70. The van der Waals surface area contributed by atoms with Gasteiger partial charge in [0.05, 0.1) is 0 Å². The van der Waals surface area contributed by atoms with E-state index in [0.29, 0.717) is 5.41 Å². The predicted molar refractivity (Wildman–Crippen MR) is 61.4 cm³/mol. The zero-order valence-electron chi connectivity index (χ0n) is 8.86. The molecule has 0 heterocycles. The van der Waals surface area contributed by atoms with Crippen LogP contribution < -0.4 is 0 Å². The second-order valence-corrected chi connectivity index (χ2v) is 8.09. The van der Waals surface area contributed by atoms with E-state index in [1.54, 1.807) is 0 Å². The van der Waals surface area contributed by atoms with E-state index in [4.69, 9.17) is 4.43 Å². The topological polar surface area (TPSA) is 9.23 Å². The first-order valence-corrected chi connectivity index (χ1v) is 8.30. The molecule has 0 bridgehead atoms. The number of alkyl halides is 1. The quantitative estimate of drug-likeness (QED) is 0.550. The number of hydrogen-bond donors (Lipinski definition) is 0. The molecule has 0 aliphatic heterocycles. The Labute approximate surface area is 86.7 Å². The van der Waals surface area contributed by atoms with Gasteiger partial charge in [0, 0.05) is 0 Å². The molecule has 0 saturated heterocycles. The van der Waals surface area contributed by atoms with Crippen LogP contribution in [0.25, 0.3) is 0 Å². The van der Waals surface area contributed by atoms with Crippen LogP contribution in [0, 0.1) is 5.41 Å². The van der Waals surface area contributed by atoms with Gasteiger partial charge in [-0.2, -0.15) is 0 Å². The summed E-state index contributed by atoms with van der Waals surface area (Å²) in [5.41, 5.74) is 0.425. The number of hydrogen-bond acceptors (Lipinski definition) is 1. The van der Waals surface area contributed by atoms with Gasteiger partial charge in [0.2, 0.25) is 0 Å². The molecule has 74 valence electrons. The van der Waals surface area contributed by atoms with Crippen LogP contribution in [0.2, 0.25) is 13.1 Å². The van der Waals surface area contributed by atoms with Gasteiger partial charge in [0.15, 0.2) is 9.04 Å². The minimum Gasteiger partial charge on any atom is -0.408 e. The lowest BCUT2D eigenvalue weighted by molar-refractivity contribution is 0.251. The van der Waals surface area contributed by atoms with Crippen molar-refractivity contribution >= 4 is 25.0 Å². The fourth-order valence-electron chi connectivity index (χ4n) is 0.910. The molecule has 1 unspecified atom stereocenters. The zero-order chi connectivity index (χ0) is 9.78. The van der Waals surface area contributed by atoms with Crippen LogP contribution in [0.4, 0.5) is 0 Å². The summed E-state index contributed by atoms with van der Waals surface area (Å²) in [6.45, 7) is 11.2. The lowest BCUT2D eigenvalue weighted by atomic mass is 9.91. The average molecular weight is 253 g/mol. The van der Waals surface area contributed by atoms with Gasteiger partial charge in [0.25, 0.3) is 0 Å². The highest BCUT2D eigenvalue weighted by Gasteiger charge is 2.14. The smallest absolute Gasteiger partial charge is 0.172 e. The van der Waals surface area contributed by atoms with Gasteiger partial charge >= 0.3 is 0 Å². The van der Waals surface area contributed by atoms with Gasteiger partial charge in [-0.1, -0.05) is 36.7 Å². The normalized spacial score (nSPS) is 15.2. The van der Waals surface area contributed by atoms with Crippen molar-refractivity contribution in [2.75, 3.05) is 0 Å². The van der Waals surface area contributed by atoms with E-state index >= 15 is 0 Å². The Bertz CT molecular complexity index is 120. The molecular formula is C9H21BrOSi. The average Bonchev–Trinajstić information content (AvgIpc) is 1.80. The molecule has 0 N–H and O–H groups in total. The van der Waals surface area contributed by atoms with Crippen molar-refractivity contribution in [1.29, 1.82) is 0 Å². The molecule has 0 aromatic carbocycles. The predicted octanol–water partition coefficient (Wildman–Crippen LogP) is 3.53. The summed E-state index contributed by atoms with van der Waals surface area (Å²) < 4.78 is 5.70. The van der Waals surface area contributed by atoms with Crippen LogP contribution >= 0.6 is 15.9 Å². The van der Waals surface area contributed by atoms with Crippen LogP contribution in [0.3, 0.4) is 0 Å². The summed E-state index contributed by atoms with van der Waals surface area (Å²) in [4.78, 5) is 0. The summed E-state index contributed by atoms with van der Waals surface area (Å²) in [6, 6.07) is 0. The molecule has 0 fully saturated rings. The zero-order valence-corrected chi connectivity index (χ0v) is 11.6. The van der Waals surface area contributed by atoms with Gasteiger partial charge < -0.3 is 4.43 Å². The third-order valence-electron chi connectivity index (χ3n) is 1.54. The van der Waals surface area contributed by atoms with E-state index in [-0.39, 0.29) is 5.01 Å². The molecule has 1 atom stereocenters. The fourth-order valence-corrected chi connectivity index (χ4v) is 3.16. The van der Waals surface area contributed by atoms with Crippen LogP contribution in [0.15, 0.2) is 0 Å². The van der Waals surface area contributed by atoms with Crippen molar-refractivity contribution in [3.8, 4) is 0 Å². The molecule has 0 aliphatic carbocycles. The minimum atomic E-state index is -0.861. The molecule has 0 amide bonds. The second kappa shape index (κ2) is 5.40. The van der Waals surface area contributed by atoms with E-state index in [9.17, 15) is 0 Å². The Kier molecular flexibility index (Phi) is 5.70. The van der Waals surface area contributed by atoms with Crippen molar-refractivity contribution in [2.45, 2.75) is 51.7 Å².